The zero-order chi connectivity index (χ0) is 44.8. The molecule has 11 nitrogen and oxygen atoms in total. The molecule has 0 unspecified atom stereocenters. The number of aryl methyl sites for hydroxylation is 1. The van der Waals surface area contributed by atoms with E-state index in [-0.39, 0.29) is 45.1 Å². The minimum absolute atomic E-state index is 0.0582. The molecule has 3 aliphatic rings. The highest BCUT2D eigenvalue weighted by atomic mass is 32.2. The maximum Gasteiger partial charge on any atom is 0.295 e. The molecule has 0 aromatic heterocycles. The quantitative estimate of drug-likeness (QED) is 0.0540. The predicted octanol–water partition coefficient (Wildman–Crippen LogP) is 5.88. The Hall–Kier alpha value is -4.11. The van der Waals surface area contributed by atoms with E-state index < -0.39 is 92.3 Å². The van der Waals surface area contributed by atoms with E-state index in [1.807, 2.05) is 50.2 Å². The number of hydrogen-bond acceptors (Lipinski definition) is 8. The van der Waals surface area contributed by atoms with Crippen molar-refractivity contribution in [2.45, 2.75) is 74.7 Å². The molecular formula is C42H43F4N2O9S4+. The summed E-state index contributed by atoms with van der Waals surface area (Å²) in [6.07, 6.45) is 2.67. The molecule has 0 spiro atoms. The highest BCUT2D eigenvalue weighted by Gasteiger charge is 2.42. The van der Waals surface area contributed by atoms with Gasteiger partial charge in [-0.25, -0.2) is 22.1 Å². The molecule has 0 atom stereocenters. The van der Waals surface area contributed by atoms with Crippen LogP contribution in [0.25, 0.3) is 11.1 Å². The molecule has 1 aliphatic carbocycles. The van der Waals surface area contributed by atoms with Gasteiger partial charge in [-0.1, -0.05) is 38.1 Å². The lowest BCUT2D eigenvalue weighted by atomic mass is 9.67. The summed E-state index contributed by atoms with van der Waals surface area (Å²) >= 11 is 0.173. The van der Waals surface area contributed by atoms with E-state index in [1.165, 1.54) is 18.2 Å². The Morgan fingerprint density at radius 3 is 2.08 bits per heavy atom. The van der Waals surface area contributed by atoms with Crippen molar-refractivity contribution in [3.05, 3.63) is 127 Å². The molecule has 4 aromatic rings. The van der Waals surface area contributed by atoms with Gasteiger partial charge in [-0.05, 0) is 78.9 Å². The Bertz CT molecular complexity index is 3030. The highest BCUT2D eigenvalue weighted by molar-refractivity contribution is 8.00. The minimum Gasteiger partial charge on any atom is -0.363 e. The zero-order valence-corrected chi connectivity index (χ0v) is 36.9. The van der Waals surface area contributed by atoms with Gasteiger partial charge in [0.05, 0.1) is 21.8 Å². The van der Waals surface area contributed by atoms with Crippen LogP contribution < -0.4 is 20.1 Å². The summed E-state index contributed by atoms with van der Waals surface area (Å²) in [6, 6.07) is 12.8. The third-order valence-corrected chi connectivity index (χ3v) is 15.3. The summed E-state index contributed by atoms with van der Waals surface area (Å²) in [5.74, 6) is -9.51. The van der Waals surface area contributed by atoms with Crippen LogP contribution >= 0.6 is 11.8 Å². The van der Waals surface area contributed by atoms with E-state index >= 15 is 17.6 Å². The fourth-order valence-electron chi connectivity index (χ4n) is 9.03. The summed E-state index contributed by atoms with van der Waals surface area (Å²) in [5, 5.41) is 0.867. The van der Waals surface area contributed by atoms with Crippen LogP contribution in [0.3, 0.4) is 0 Å². The maximum atomic E-state index is 16.8. The number of fused-ring (bicyclic) bond motifs is 4. The summed E-state index contributed by atoms with van der Waals surface area (Å²) in [4.78, 5) is 0.590. The molecular weight excluding hydrogens is 881 g/mol. The predicted molar refractivity (Wildman–Crippen MR) is 225 cm³/mol. The molecule has 0 saturated carbocycles. The standard InChI is InChI=1S/C42H42F4N2O9S4/c1-6-48-32-19-30-28(17-26(32)25(20-41(48,2)3)22-60(52,53)54)34(35-36(43)38(45)40(39(46)37(35)44)58-14-15-59(49,50)51)27-16-23-11-9-13-47(31(23)18-29(27)42(30,4)5)21-24-10-7-8-12-33(24)61(55,56)57/h7-8,10,12,16-20H,6,9,11,13-15,21-22H2,1-5H3,(H2-,49,50,51,52,53,54,55,56,57)/p+1. The third kappa shape index (κ3) is 8.29. The van der Waals surface area contributed by atoms with Crippen molar-refractivity contribution in [2.75, 3.05) is 35.2 Å². The monoisotopic (exact) mass is 923 g/mol. The molecule has 0 bridgehead atoms. The molecule has 4 aromatic carbocycles. The Kier molecular flexibility index (Phi) is 11.5. The molecule has 0 amide bonds. The number of nitrogens with zero attached hydrogens (tertiary/aromatic N) is 2. The van der Waals surface area contributed by atoms with E-state index in [0.29, 0.717) is 64.8 Å². The fraction of sp³-hybridized carbons (Fsp3) is 0.357. The second kappa shape index (κ2) is 15.6. The molecule has 7 rings (SSSR count). The van der Waals surface area contributed by atoms with Gasteiger partial charge in [-0.3, -0.25) is 13.7 Å². The van der Waals surface area contributed by atoms with Crippen molar-refractivity contribution in [1.29, 1.82) is 0 Å². The van der Waals surface area contributed by atoms with E-state index in [1.54, 1.807) is 30.3 Å². The topological polar surface area (TPSA) is 169 Å². The smallest absolute Gasteiger partial charge is 0.295 e. The second-order valence-corrected chi connectivity index (χ2v) is 22.0. The number of hydrogen-bond donors (Lipinski definition) is 3. The Balaban J connectivity index is 1.60. The normalized spacial score (nSPS) is 17.0. The molecule has 2 heterocycles. The lowest BCUT2D eigenvalue weighted by Gasteiger charge is -2.45. The van der Waals surface area contributed by atoms with Crippen molar-refractivity contribution in [3.8, 4) is 0 Å². The van der Waals surface area contributed by atoms with Crippen molar-refractivity contribution in [3.63, 3.8) is 0 Å². The van der Waals surface area contributed by atoms with Gasteiger partial charge >= 0.3 is 0 Å². The van der Waals surface area contributed by atoms with Crippen LogP contribution in [0.5, 0.6) is 0 Å². The van der Waals surface area contributed by atoms with Crippen LogP contribution in [0.1, 0.15) is 80.0 Å². The fourth-order valence-corrected chi connectivity index (χ4v) is 12.2. The average Bonchev–Trinajstić information content (AvgIpc) is 3.14. The van der Waals surface area contributed by atoms with Crippen LogP contribution in [0, 0.1) is 23.3 Å². The Morgan fingerprint density at radius 1 is 0.820 bits per heavy atom. The van der Waals surface area contributed by atoms with Gasteiger partial charge in [0.2, 0.25) is 5.36 Å². The molecule has 61 heavy (non-hydrogen) atoms. The molecule has 0 radical (unpaired) electrons. The molecule has 0 saturated heterocycles. The molecule has 3 N–H and O–H groups in total. The molecule has 326 valence electrons. The second-order valence-electron chi connectivity index (χ2n) is 16.4. The van der Waals surface area contributed by atoms with Gasteiger partial charge in [-0.15, -0.1) is 11.8 Å². The minimum atomic E-state index is -4.62. The number of benzene rings is 4. The van der Waals surface area contributed by atoms with Crippen molar-refractivity contribution < 1.29 is 56.5 Å². The van der Waals surface area contributed by atoms with Crippen molar-refractivity contribution in [1.82, 2.24) is 4.58 Å². The molecule has 19 heteroatoms. The Labute approximate surface area is 355 Å². The van der Waals surface area contributed by atoms with Crippen molar-refractivity contribution >= 4 is 58.9 Å². The van der Waals surface area contributed by atoms with E-state index in [0.717, 1.165) is 0 Å². The van der Waals surface area contributed by atoms with Crippen LogP contribution in [0.2, 0.25) is 0 Å². The van der Waals surface area contributed by atoms with Crippen LogP contribution in [0.4, 0.5) is 23.2 Å². The summed E-state index contributed by atoms with van der Waals surface area (Å²) < 4.78 is 169. The zero-order valence-electron chi connectivity index (χ0n) is 33.7. The average molecular weight is 924 g/mol. The first-order chi connectivity index (χ1) is 28.2. The van der Waals surface area contributed by atoms with E-state index in [2.05, 4.69) is 0 Å². The van der Waals surface area contributed by atoms with Crippen LogP contribution in [0.15, 0.2) is 64.4 Å². The number of anilines is 1. The van der Waals surface area contributed by atoms with Crippen LogP contribution in [-0.4, -0.2) is 74.8 Å². The van der Waals surface area contributed by atoms with E-state index in [4.69, 9.17) is 4.55 Å². The van der Waals surface area contributed by atoms with Gasteiger partial charge in [0, 0.05) is 58.2 Å². The van der Waals surface area contributed by atoms with Crippen LogP contribution in [-0.2, 0) is 48.7 Å². The van der Waals surface area contributed by atoms with Gasteiger partial charge < -0.3 is 4.90 Å². The number of likely N-dealkylation sites (N-methyl/N-ethyl adjacent to an activating group) is 1. The number of halogens is 4. The van der Waals surface area contributed by atoms with Gasteiger partial charge in [0.25, 0.3) is 30.4 Å². The first-order valence-corrected chi connectivity index (χ1v) is 24.8. The summed E-state index contributed by atoms with van der Waals surface area (Å²) in [5.41, 5.74) is -0.0440. The van der Waals surface area contributed by atoms with Gasteiger partial charge in [0.1, 0.15) is 17.2 Å². The largest absolute Gasteiger partial charge is 0.363 e. The summed E-state index contributed by atoms with van der Waals surface area (Å²) in [6.45, 7) is 10.3. The molecule has 2 aliphatic heterocycles. The third-order valence-electron chi connectivity index (χ3n) is 11.6. The van der Waals surface area contributed by atoms with Gasteiger partial charge in [-0.2, -0.15) is 25.3 Å². The SMILES string of the molecule is CCN1c2cc3c(cc2C(CS(=O)(=O)O)=CC1(C)C)C(c1c(F)c(F)c(SCCS(=O)(=O)O)c(F)c1F)=c1cc2c(cc1C3(C)C)=[N+](Cc1ccccc1S(=O)(=O)O)CCC2. The number of rotatable bonds is 11. The first-order valence-electron chi connectivity index (χ1n) is 19.2. The molecule has 0 fully saturated rings. The Morgan fingerprint density at radius 2 is 1.48 bits per heavy atom. The van der Waals surface area contributed by atoms with E-state index in [9.17, 15) is 34.4 Å². The maximum absolute atomic E-state index is 16.8. The van der Waals surface area contributed by atoms with Crippen molar-refractivity contribution in [2.24, 2.45) is 0 Å². The summed E-state index contributed by atoms with van der Waals surface area (Å²) in [7, 11) is -13.8. The first kappa shape index (κ1) is 44.9. The highest BCUT2D eigenvalue weighted by Crippen LogP contribution is 2.49. The number of thioether (sulfide) groups is 1. The lowest BCUT2D eigenvalue weighted by Crippen LogP contribution is -2.46. The van der Waals surface area contributed by atoms with Gasteiger partial charge in [0.15, 0.2) is 29.8 Å². The lowest BCUT2D eigenvalue weighted by molar-refractivity contribution is 0.422.